The number of halogens is 2. The minimum absolute atomic E-state index is 0.147. The number of pyridine rings is 1. The highest BCUT2D eigenvalue weighted by Gasteiger charge is 2.21. The van der Waals surface area contributed by atoms with Crippen molar-refractivity contribution in [3.05, 3.63) is 67.9 Å². The molecule has 0 aliphatic rings. The van der Waals surface area contributed by atoms with Gasteiger partial charge in [0.05, 0.1) is 26.8 Å². The standard InChI is InChI=1S/C28H34Br2N2O4.C2H2O4/c1-4-6-10-31(11-7-5-2)12-8-14-36-27-23(29)17-21(18-24(27)30)26(33)25-19(3)15-22-16-20(28(34)35)9-13-32(22)25;3-1(4)2(5)6/h9,13,15-18H,4-8,10-12,14H2,1-3H3,(H,34,35);(H,3,4)(H,5,6). The summed E-state index contributed by atoms with van der Waals surface area (Å²) in [6, 6.07) is 8.45. The smallest absolute Gasteiger partial charge is 0.414 e. The molecule has 42 heavy (non-hydrogen) atoms. The fourth-order valence-corrected chi connectivity index (χ4v) is 5.68. The SMILES string of the molecule is CCCCN(CCCC)CCCOc1c(Br)cc(C(=O)c2c(C)cc3cc(C(=O)O)ccn23)cc1Br.O=C(O)C(=O)O. The molecule has 0 saturated carbocycles. The number of unbranched alkanes of at least 4 members (excludes halogenated alkanes) is 2. The van der Waals surface area contributed by atoms with E-state index < -0.39 is 17.9 Å². The Morgan fingerprint density at radius 2 is 1.38 bits per heavy atom. The van der Waals surface area contributed by atoms with Crippen LogP contribution in [0, 0.1) is 6.92 Å². The Kier molecular flexibility index (Phi) is 14.2. The summed E-state index contributed by atoms with van der Waals surface area (Å²) < 4.78 is 9.24. The predicted octanol–water partition coefficient (Wildman–Crippen LogP) is 6.53. The first-order chi connectivity index (χ1) is 19.9. The van der Waals surface area contributed by atoms with E-state index in [1.807, 2.05) is 13.0 Å². The first-order valence-corrected chi connectivity index (χ1v) is 15.2. The summed E-state index contributed by atoms with van der Waals surface area (Å²) in [6.07, 6.45) is 7.40. The Morgan fingerprint density at radius 1 is 0.833 bits per heavy atom. The third-order valence-corrected chi connectivity index (χ3v) is 7.57. The number of aromatic nitrogens is 1. The van der Waals surface area contributed by atoms with Crippen LogP contribution < -0.4 is 4.74 Å². The van der Waals surface area contributed by atoms with E-state index >= 15 is 0 Å². The van der Waals surface area contributed by atoms with Crippen molar-refractivity contribution in [3.8, 4) is 5.75 Å². The Balaban J connectivity index is 0.000000928. The number of carboxylic acids is 3. The summed E-state index contributed by atoms with van der Waals surface area (Å²) in [4.78, 5) is 45.5. The van der Waals surface area contributed by atoms with Gasteiger partial charge in [-0.1, -0.05) is 26.7 Å². The van der Waals surface area contributed by atoms with E-state index in [-0.39, 0.29) is 11.3 Å². The number of carbonyl (C=O) groups is 4. The molecular weight excluding hydrogens is 676 g/mol. The molecule has 0 fully saturated rings. The van der Waals surface area contributed by atoms with Crippen LogP contribution in [0.3, 0.4) is 0 Å². The summed E-state index contributed by atoms with van der Waals surface area (Å²) in [6.45, 7) is 10.2. The van der Waals surface area contributed by atoms with Gasteiger partial charge >= 0.3 is 17.9 Å². The number of aromatic carboxylic acids is 1. The largest absolute Gasteiger partial charge is 0.491 e. The summed E-state index contributed by atoms with van der Waals surface area (Å²) in [5.41, 5.74) is 2.65. The maximum absolute atomic E-state index is 13.5. The molecule has 10 nitrogen and oxygen atoms in total. The first kappa shape index (κ1) is 35.0. The van der Waals surface area contributed by atoms with Crippen molar-refractivity contribution in [3.63, 3.8) is 0 Å². The van der Waals surface area contributed by atoms with Crippen LogP contribution in [0.1, 0.15) is 77.9 Å². The van der Waals surface area contributed by atoms with E-state index in [0.29, 0.717) is 38.1 Å². The molecule has 0 aliphatic carbocycles. The molecule has 0 amide bonds. The molecule has 12 heteroatoms. The van der Waals surface area contributed by atoms with Crippen LogP contribution in [0.4, 0.5) is 0 Å². The molecule has 1 aromatic carbocycles. The fourth-order valence-electron chi connectivity index (χ4n) is 4.26. The molecule has 3 N–H and O–H groups in total. The Bertz CT molecular complexity index is 1380. The number of carboxylic acid groups (broad SMARTS) is 3. The second kappa shape index (κ2) is 17.0. The molecule has 3 aromatic rings. The molecule has 0 saturated heterocycles. The molecule has 228 valence electrons. The van der Waals surface area contributed by atoms with Crippen molar-refractivity contribution < 1.29 is 39.2 Å². The van der Waals surface area contributed by atoms with Gasteiger partial charge < -0.3 is 29.4 Å². The number of carbonyl (C=O) groups excluding carboxylic acids is 1. The van der Waals surface area contributed by atoms with Crippen LogP contribution in [-0.2, 0) is 9.59 Å². The van der Waals surface area contributed by atoms with Crippen molar-refractivity contribution >= 4 is 61.1 Å². The van der Waals surface area contributed by atoms with Crippen LogP contribution in [-0.4, -0.2) is 74.6 Å². The Morgan fingerprint density at radius 3 is 1.88 bits per heavy atom. The zero-order chi connectivity index (χ0) is 31.4. The van der Waals surface area contributed by atoms with Gasteiger partial charge in [0, 0.05) is 23.8 Å². The lowest BCUT2D eigenvalue weighted by Crippen LogP contribution is -2.28. The van der Waals surface area contributed by atoms with Gasteiger partial charge in [-0.15, -0.1) is 0 Å². The minimum atomic E-state index is -1.82. The van der Waals surface area contributed by atoms with Gasteiger partial charge in [-0.3, -0.25) is 4.79 Å². The van der Waals surface area contributed by atoms with Gasteiger partial charge in [-0.2, -0.15) is 0 Å². The molecule has 0 radical (unpaired) electrons. The predicted molar refractivity (Wildman–Crippen MR) is 166 cm³/mol. The van der Waals surface area contributed by atoms with E-state index in [1.54, 1.807) is 28.8 Å². The maximum Gasteiger partial charge on any atom is 0.414 e. The van der Waals surface area contributed by atoms with Crippen molar-refractivity contribution in [2.75, 3.05) is 26.2 Å². The average Bonchev–Trinajstić information content (AvgIpc) is 3.27. The van der Waals surface area contributed by atoms with Crippen molar-refractivity contribution in [1.29, 1.82) is 0 Å². The summed E-state index contributed by atoms with van der Waals surface area (Å²) in [5.74, 6) is -4.11. The number of ether oxygens (including phenoxy) is 1. The fraction of sp³-hybridized carbons (Fsp3) is 0.400. The average molecular weight is 712 g/mol. The number of rotatable bonds is 14. The zero-order valence-electron chi connectivity index (χ0n) is 23.9. The molecule has 0 bridgehead atoms. The summed E-state index contributed by atoms with van der Waals surface area (Å²) >= 11 is 7.17. The normalized spacial score (nSPS) is 10.8. The monoisotopic (exact) mass is 710 g/mol. The van der Waals surface area contributed by atoms with Crippen LogP contribution in [0.25, 0.3) is 5.52 Å². The maximum atomic E-state index is 13.5. The number of hydrogen-bond acceptors (Lipinski definition) is 6. The van der Waals surface area contributed by atoms with Gasteiger partial charge in [-0.25, -0.2) is 14.4 Å². The van der Waals surface area contributed by atoms with Gasteiger partial charge in [0.1, 0.15) is 5.75 Å². The molecule has 0 atom stereocenters. The summed E-state index contributed by atoms with van der Waals surface area (Å²) in [7, 11) is 0. The first-order valence-electron chi connectivity index (χ1n) is 13.6. The number of aliphatic carboxylic acids is 2. The molecule has 2 heterocycles. The molecule has 0 unspecified atom stereocenters. The lowest BCUT2D eigenvalue weighted by Gasteiger charge is -2.22. The lowest BCUT2D eigenvalue weighted by atomic mass is 10.1. The van der Waals surface area contributed by atoms with Gasteiger partial charge in [0.2, 0.25) is 5.78 Å². The highest BCUT2D eigenvalue weighted by Crippen LogP contribution is 2.36. The zero-order valence-corrected chi connectivity index (χ0v) is 27.0. The molecule has 0 aliphatic heterocycles. The van der Waals surface area contributed by atoms with Crippen molar-refractivity contribution in [2.24, 2.45) is 0 Å². The van der Waals surface area contributed by atoms with E-state index in [0.717, 1.165) is 31.6 Å². The number of nitrogens with zero attached hydrogens (tertiary/aromatic N) is 2. The van der Waals surface area contributed by atoms with E-state index in [1.165, 1.54) is 31.7 Å². The number of ketones is 1. The third-order valence-electron chi connectivity index (χ3n) is 6.39. The number of aryl methyl sites for hydroxylation is 1. The van der Waals surface area contributed by atoms with E-state index in [4.69, 9.17) is 24.5 Å². The second-order valence-corrected chi connectivity index (χ2v) is 11.4. The van der Waals surface area contributed by atoms with E-state index in [9.17, 15) is 14.7 Å². The van der Waals surface area contributed by atoms with Gasteiger partial charge in [0.25, 0.3) is 0 Å². The number of hydrogen-bond donors (Lipinski definition) is 3. The number of benzene rings is 1. The summed E-state index contributed by atoms with van der Waals surface area (Å²) in [5, 5.41) is 24.0. The van der Waals surface area contributed by atoms with Crippen LogP contribution >= 0.6 is 31.9 Å². The minimum Gasteiger partial charge on any atom is -0.491 e. The molecule has 0 spiro atoms. The Hall–Kier alpha value is -3.22. The molecule has 2 aromatic heterocycles. The molecular formula is C30H36Br2N2O8. The van der Waals surface area contributed by atoms with Crippen LogP contribution in [0.5, 0.6) is 5.75 Å². The van der Waals surface area contributed by atoms with Crippen molar-refractivity contribution in [1.82, 2.24) is 9.30 Å². The second-order valence-electron chi connectivity index (χ2n) is 9.65. The number of fused-ring (bicyclic) bond motifs is 1. The van der Waals surface area contributed by atoms with Crippen LogP contribution in [0.2, 0.25) is 0 Å². The van der Waals surface area contributed by atoms with E-state index in [2.05, 4.69) is 50.6 Å². The van der Waals surface area contributed by atoms with Crippen molar-refractivity contribution in [2.45, 2.75) is 52.9 Å². The Labute approximate surface area is 261 Å². The lowest BCUT2D eigenvalue weighted by molar-refractivity contribution is -0.159. The topological polar surface area (TPSA) is 146 Å². The van der Waals surface area contributed by atoms with Gasteiger partial charge in [-0.05, 0) is 107 Å². The third kappa shape index (κ3) is 9.95. The highest BCUT2D eigenvalue weighted by molar-refractivity contribution is 9.11. The molecule has 3 rings (SSSR count). The highest BCUT2D eigenvalue weighted by atomic mass is 79.9. The van der Waals surface area contributed by atoms with Crippen LogP contribution in [0.15, 0.2) is 45.5 Å². The van der Waals surface area contributed by atoms with Gasteiger partial charge in [0.15, 0.2) is 0 Å². The quantitative estimate of drug-likeness (QED) is 0.0965.